The van der Waals surface area contributed by atoms with Gasteiger partial charge in [0.1, 0.15) is 11.6 Å². The molecular formula is C12H8Cl2N4O. The average molecular weight is 295 g/mol. The summed E-state index contributed by atoms with van der Waals surface area (Å²) in [5.74, 6) is 0.286. The summed E-state index contributed by atoms with van der Waals surface area (Å²) < 4.78 is 0. The summed E-state index contributed by atoms with van der Waals surface area (Å²) in [5.41, 5.74) is 1.53. The molecule has 2 aromatic rings. The normalized spacial score (nSPS) is 14.0. The van der Waals surface area contributed by atoms with Gasteiger partial charge in [0, 0.05) is 0 Å². The fourth-order valence-electron chi connectivity index (χ4n) is 1.95. The number of carbonyl (C=O) groups is 1. The predicted octanol–water partition coefficient (Wildman–Crippen LogP) is 2.87. The third-order valence-corrected chi connectivity index (χ3v) is 3.17. The maximum Gasteiger partial charge on any atom is 0.244 e. The first-order valence-corrected chi connectivity index (χ1v) is 6.25. The van der Waals surface area contributed by atoms with Gasteiger partial charge in [-0.25, -0.2) is 4.98 Å². The zero-order valence-electron chi connectivity index (χ0n) is 9.60. The molecule has 1 aliphatic heterocycles. The van der Waals surface area contributed by atoms with Crippen LogP contribution in [0.1, 0.15) is 0 Å². The lowest BCUT2D eigenvalue weighted by Crippen LogP contribution is -2.35. The Kier molecular flexibility index (Phi) is 3.00. The van der Waals surface area contributed by atoms with Crippen LogP contribution in [-0.2, 0) is 4.79 Å². The van der Waals surface area contributed by atoms with E-state index in [2.05, 4.69) is 15.3 Å². The van der Waals surface area contributed by atoms with Gasteiger partial charge in [-0.3, -0.25) is 4.79 Å². The number of hydrogen-bond acceptors (Lipinski definition) is 4. The Morgan fingerprint density at radius 3 is 2.89 bits per heavy atom. The zero-order valence-corrected chi connectivity index (χ0v) is 11.1. The molecule has 1 aliphatic rings. The van der Waals surface area contributed by atoms with Crippen molar-refractivity contribution in [3.8, 4) is 0 Å². The number of nitrogens with zero attached hydrogens (tertiary/aromatic N) is 3. The van der Waals surface area contributed by atoms with Crippen molar-refractivity contribution in [2.45, 2.75) is 0 Å². The van der Waals surface area contributed by atoms with Crippen molar-refractivity contribution in [3.63, 3.8) is 0 Å². The summed E-state index contributed by atoms with van der Waals surface area (Å²) in [6, 6.07) is 7.41. The summed E-state index contributed by atoms with van der Waals surface area (Å²) in [4.78, 5) is 21.3. The number of halogens is 2. The zero-order chi connectivity index (χ0) is 13.4. The first-order chi connectivity index (χ1) is 9.15. The smallest absolute Gasteiger partial charge is 0.244 e. The van der Waals surface area contributed by atoms with E-state index in [1.165, 1.54) is 6.20 Å². The first-order valence-electron chi connectivity index (χ1n) is 5.49. The molecule has 1 aromatic carbocycles. The number of amides is 1. The Balaban J connectivity index is 2.15. The first kappa shape index (κ1) is 12.2. The van der Waals surface area contributed by atoms with E-state index in [1.807, 2.05) is 24.3 Å². The van der Waals surface area contributed by atoms with Crippen molar-refractivity contribution >= 4 is 46.3 Å². The molecule has 19 heavy (non-hydrogen) atoms. The highest BCUT2D eigenvalue weighted by Crippen LogP contribution is 2.36. The number of benzene rings is 1. The molecule has 7 heteroatoms. The van der Waals surface area contributed by atoms with Crippen LogP contribution in [0.3, 0.4) is 0 Å². The van der Waals surface area contributed by atoms with Gasteiger partial charge in [0.15, 0.2) is 5.82 Å². The molecule has 0 spiro atoms. The monoisotopic (exact) mass is 294 g/mol. The van der Waals surface area contributed by atoms with Gasteiger partial charge in [-0.05, 0) is 23.7 Å². The minimum absolute atomic E-state index is 0.0860. The number of fused-ring (bicyclic) bond motifs is 1. The largest absolute Gasteiger partial charge is 0.323 e. The number of rotatable bonds is 1. The van der Waals surface area contributed by atoms with Crippen LogP contribution in [0.15, 0.2) is 30.5 Å². The lowest BCUT2D eigenvalue weighted by Gasteiger charge is -2.30. The molecule has 5 nitrogen and oxygen atoms in total. The van der Waals surface area contributed by atoms with E-state index in [0.717, 1.165) is 5.69 Å². The van der Waals surface area contributed by atoms with E-state index >= 15 is 0 Å². The quantitative estimate of drug-likeness (QED) is 0.822. The highest BCUT2D eigenvalue weighted by Gasteiger charge is 2.25. The van der Waals surface area contributed by atoms with Crippen LogP contribution in [0.2, 0.25) is 10.3 Å². The van der Waals surface area contributed by atoms with Crippen LogP contribution >= 0.6 is 23.2 Å². The summed E-state index contributed by atoms with van der Waals surface area (Å²) in [5, 5.41) is 3.22. The lowest BCUT2D eigenvalue weighted by molar-refractivity contribution is -0.115. The standard InChI is InChI=1S/C12H8Cl2N4O/c13-7-5-15-12(14)17-11(7)18-6-10(19)16-8-3-1-2-4-9(8)18/h1-5H,6H2,(H,16,19). The number of aromatic nitrogens is 2. The van der Waals surface area contributed by atoms with Crippen LogP contribution < -0.4 is 10.2 Å². The predicted molar refractivity (Wildman–Crippen MR) is 74.1 cm³/mol. The Hall–Kier alpha value is -1.85. The maximum absolute atomic E-state index is 11.7. The summed E-state index contributed by atoms with van der Waals surface area (Å²) in [6.45, 7) is 0.129. The number of hydrogen-bond donors (Lipinski definition) is 1. The van der Waals surface area contributed by atoms with Crippen molar-refractivity contribution in [1.29, 1.82) is 0 Å². The van der Waals surface area contributed by atoms with E-state index < -0.39 is 0 Å². The summed E-state index contributed by atoms with van der Waals surface area (Å²) >= 11 is 11.9. The molecule has 0 fully saturated rings. The van der Waals surface area contributed by atoms with Gasteiger partial charge in [0.25, 0.3) is 0 Å². The second kappa shape index (κ2) is 4.68. The Bertz CT molecular complexity index is 662. The molecule has 0 atom stereocenters. The molecule has 96 valence electrons. The van der Waals surface area contributed by atoms with Crippen LogP contribution in [0.5, 0.6) is 0 Å². The molecular weight excluding hydrogens is 287 g/mol. The molecule has 0 saturated carbocycles. The molecule has 0 aliphatic carbocycles. The molecule has 1 aromatic heterocycles. The van der Waals surface area contributed by atoms with Crippen molar-refractivity contribution in [2.75, 3.05) is 16.8 Å². The second-order valence-corrected chi connectivity index (χ2v) is 4.71. The summed E-state index contributed by atoms with van der Waals surface area (Å²) in [7, 11) is 0. The molecule has 0 radical (unpaired) electrons. The van der Waals surface area contributed by atoms with Gasteiger partial charge < -0.3 is 10.2 Å². The number of para-hydroxylation sites is 2. The Labute approximate surface area is 119 Å². The van der Waals surface area contributed by atoms with Crippen LogP contribution in [0, 0.1) is 0 Å². The number of nitrogens with one attached hydrogen (secondary N) is 1. The van der Waals surface area contributed by atoms with Crippen molar-refractivity contribution in [3.05, 3.63) is 40.8 Å². The fraction of sp³-hybridized carbons (Fsp3) is 0.0833. The van der Waals surface area contributed by atoms with Crippen molar-refractivity contribution < 1.29 is 4.79 Å². The van der Waals surface area contributed by atoms with Crippen molar-refractivity contribution in [2.24, 2.45) is 0 Å². The van der Waals surface area contributed by atoms with E-state index in [-0.39, 0.29) is 17.7 Å². The van der Waals surface area contributed by atoms with Gasteiger partial charge in [0.05, 0.1) is 17.6 Å². The van der Waals surface area contributed by atoms with Crippen LogP contribution in [0.25, 0.3) is 0 Å². The number of carbonyl (C=O) groups excluding carboxylic acids is 1. The van der Waals surface area contributed by atoms with Gasteiger partial charge in [0.2, 0.25) is 11.2 Å². The van der Waals surface area contributed by atoms with Crippen molar-refractivity contribution in [1.82, 2.24) is 9.97 Å². The van der Waals surface area contributed by atoms with E-state index in [9.17, 15) is 4.79 Å². The average Bonchev–Trinajstić information content (AvgIpc) is 2.40. The molecule has 0 bridgehead atoms. The van der Waals surface area contributed by atoms with Gasteiger partial charge >= 0.3 is 0 Å². The molecule has 0 saturated heterocycles. The topological polar surface area (TPSA) is 58.1 Å². The highest BCUT2D eigenvalue weighted by atomic mass is 35.5. The van der Waals surface area contributed by atoms with Crippen LogP contribution in [-0.4, -0.2) is 22.4 Å². The Morgan fingerprint density at radius 2 is 2.05 bits per heavy atom. The van der Waals surface area contributed by atoms with E-state index in [4.69, 9.17) is 23.2 Å². The minimum Gasteiger partial charge on any atom is -0.323 e. The third-order valence-electron chi connectivity index (χ3n) is 2.72. The second-order valence-electron chi connectivity index (χ2n) is 3.96. The third kappa shape index (κ3) is 2.22. The highest BCUT2D eigenvalue weighted by molar-refractivity contribution is 6.34. The van der Waals surface area contributed by atoms with Gasteiger partial charge in [-0.2, -0.15) is 4.98 Å². The van der Waals surface area contributed by atoms with Gasteiger partial charge in [-0.15, -0.1) is 0 Å². The van der Waals surface area contributed by atoms with E-state index in [0.29, 0.717) is 16.5 Å². The molecule has 2 heterocycles. The molecule has 1 amide bonds. The SMILES string of the molecule is O=C1CN(c2nc(Cl)ncc2Cl)c2ccccc2N1. The molecule has 0 unspecified atom stereocenters. The van der Waals surface area contributed by atoms with Crippen LogP contribution in [0.4, 0.5) is 17.2 Å². The minimum atomic E-state index is -0.135. The lowest BCUT2D eigenvalue weighted by atomic mass is 10.2. The molecule has 3 rings (SSSR count). The fourth-order valence-corrected chi connectivity index (χ4v) is 2.27. The number of anilines is 3. The maximum atomic E-state index is 11.7. The van der Waals surface area contributed by atoms with E-state index in [1.54, 1.807) is 4.90 Å². The summed E-state index contributed by atoms with van der Waals surface area (Å²) in [6.07, 6.45) is 1.42. The molecule has 1 N–H and O–H groups in total. The van der Waals surface area contributed by atoms with Gasteiger partial charge in [-0.1, -0.05) is 23.7 Å². The Morgan fingerprint density at radius 1 is 1.26 bits per heavy atom.